The van der Waals surface area contributed by atoms with Crippen molar-refractivity contribution in [2.45, 2.75) is 12.5 Å². The van der Waals surface area contributed by atoms with Crippen LogP contribution in [0, 0.1) is 0 Å². The molecule has 3 rings (SSSR count). The monoisotopic (exact) mass is 241 g/mol. The molecule has 1 aliphatic rings. The normalized spacial score (nSPS) is 17.7. The lowest BCUT2D eigenvalue weighted by atomic mass is 9.94. The van der Waals surface area contributed by atoms with Gasteiger partial charge in [-0.1, -0.05) is 30.3 Å². The third-order valence-electron chi connectivity index (χ3n) is 3.22. The van der Waals surface area contributed by atoms with Gasteiger partial charge < -0.3 is 15.6 Å². The maximum absolute atomic E-state index is 10.1. The second-order valence-electron chi connectivity index (χ2n) is 4.55. The van der Waals surface area contributed by atoms with E-state index in [1.165, 1.54) is 0 Å². The molecule has 1 unspecified atom stereocenters. The number of hydrogen-bond acceptors (Lipinski definition) is 3. The van der Waals surface area contributed by atoms with E-state index in [9.17, 15) is 5.11 Å². The van der Waals surface area contributed by atoms with Gasteiger partial charge in [-0.25, -0.2) is 0 Å². The largest absolute Gasteiger partial charge is 0.507 e. The second kappa shape index (κ2) is 4.35. The SMILES string of the molecule is Nc1ccc(O)c(-c2ccccc2)c1CC1CO1. The molecule has 3 N–H and O–H groups in total. The number of aromatic hydroxyl groups is 1. The van der Waals surface area contributed by atoms with Gasteiger partial charge in [0, 0.05) is 17.7 Å². The molecule has 0 amide bonds. The molecule has 1 aliphatic heterocycles. The second-order valence-corrected chi connectivity index (χ2v) is 4.55. The van der Waals surface area contributed by atoms with Crippen molar-refractivity contribution in [2.75, 3.05) is 12.3 Å². The van der Waals surface area contributed by atoms with Crippen molar-refractivity contribution in [3.63, 3.8) is 0 Å². The molecule has 0 radical (unpaired) electrons. The van der Waals surface area contributed by atoms with Crippen LogP contribution in [-0.2, 0) is 11.2 Å². The molecule has 0 spiro atoms. The average molecular weight is 241 g/mol. The molecule has 2 aromatic carbocycles. The summed E-state index contributed by atoms with van der Waals surface area (Å²) in [7, 11) is 0. The van der Waals surface area contributed by atoms with Gasteiger partial charge in [0.05, 0.1) is 12.7 Å². The lowest BCUT2D eigenvalue weighted by Gasteiger charge is -2.13. The van der Waals surface area contributed by atoms with Crippen LogP contribution < -0.4 is 5.73 Å². The zero-order valence-corrected chi connectivity index (χ0v) is 9.97. The van der Waals surface area contributed by atoms with Crippen molar-refractivity contribution in [1.29, 1.82) is 0 Å². The topological polar surface area (TPSA) is 58.8 Å². The summed E-state index contributed by atoms with van der Waals surface area (Å²) in [5, 5.41) is 10.1. The van der Waals surface area contributed by atoms with Crippen molar-refractivity contribution in [3.8, 4) is 16.9 Å². The van der Waals surface area contributed by atoms with Crippen LogP contribution in [0.3, 0.4) is 0 Å². The zero-order valence-electron chi connectivity index (χ0n) is 9.97. The van der Waals surface area contributed by atoms with Crippen molar-refractivity contribution < 1.29 is 9.84 Å². The summed E-state index contributed by atoms with van der Waals surface area (Å²) in [4.78, 5) is 0. The average Bonchev–Trinajstić information content (AvgIpc) is 3.19. The minimum Gasteiger partial charge on any atom is -0.507 e. The van der Waals surface area contributed by atoms with E-state index >= 15 is 0 Å². The molecule has 3 heteroatoms. The third-order valence-corrected chi connectivity index (χ3v) is 3.22. The number of phenolic OH excluding ortho intramolecular Hbond substituents is 1. The quantitative estimate of drug-likeness (QED) is 0.493. The van der Waals surface area contributed by atoms with Crippen molar-refractivity contribution in [2.24, 2.45) is 0 Å². The van der Waals surface area contributed by atoms with Gasteiger partial charge in [-0.2, -0.15) is 0 Å². The lowest BCUT2D eigenvalue weighted by molar-refractivity contribution is 0.407. The van der Waals surface area contributed by atoms with Gasteiger partial charge in [-0.15, -0.1) is 0 Å². The Morgan fingerprint density at radius 1 is 1.17 bits per heavy atom. The number of phenols is 1. The molecule has 2 aromatic rings. The van der Waals surface area contributed by atoms with Gasteiger partial charge in [0.25, 0.3) is 0 Å². The van der Waals surface area contributed by atoms with Crippen LogP contribution in [0.15, 0.2) is 42.5 Å². The standard InChI is InChI=1S/C15H15NO2/c16-13-6-7-14(17)15(10-4-2-1-3-5-10)12(13)8-11-9-18-11/h1-7,11,17H,8-9,16H2. The first-order valence-corrected chi connectivity index (χ1v) is 6.03. The van der Waals surface area contributed by atoms with Crippen molar-refractivity contribution >= 4 is 5.69 Å². The van der Waals surface area contributed by atoms with Crippen LogP contribution in [-0.4, -0.2) is 17.8 Å². The van der Waals surface area contributed by atoms with E-state index in [0.29, 0.717) is 5.69 Å². The highest BCUT2D eigenvalue weighted by molar-refractivity contribution is 5.78. The molecule has 1 heterocycles. The Labute approximate surface area is 106 Å². The van der Waals surface area contributed by atoms with Crippen LogP contribution >= 0.6 is 0 Å². The summed E-state index contributed by atoms with van der Waals surface area (Å²) in [5.74, 6) is 0.269. The molecule has 1 fully saturated rings. The van der Waals surface area contributed by atoms with E-state index in [-0.39, 0.29) is 11.9 Å². The maximum atomic E-state index is 10.1. The molecule has 18 heavy (non-hydrogen) atoms. The molecule has 92 valence electrons. The molecule has 3 nitrogen and oxygen atoms in total. The first-order chi connectivity index (χ1) is 8.75. The van der Waals surface area contributed by atoms with Gasteiger partial charge in [-0.3, -0.25) is 0 Å². The summed E-state index contributed by atoms with van der Waals surface area (Å²) in [6.07, 6.45) is 1.00. The highest BCUT2D eigenvalue weighted by Crippen LogP contribution is 2.37. The smallest absolute Gasteiger partial charge is 0.123 e. The van der Waals surface area contributed by atoms with Crippen molar-refractivity contribution in [1.82, 2.24) is 0 Å². The molecular formula is C15H15NO2. The fraction of sp³-hybridized carbons (Fsp3) is 0.200. The van der Waals surface area contributed by atoms with E-state index in [2.05, 4.69) is 0 Å². The Hall–Kier alpha value is -2.00. The molecule has 0 bridgehead atoms. The summed E-state index contributed by atoms with van der Waals surface area (Å²) >= 11 is 0. The number of benzene rings is 2. The van der Waals surface area contributed by atoms with Gasteiger partial charge in [0.15, 0.2) is 0 Å². The van der Waals surface area contributed by atoms with Crippen molar-refractivity contribution in [3.05, 3.63) is 48.0 Å². The minimum atomic E-state index is 0.247. The predicted molar refractivity (Wildman–Crippen MR) is 71.4 cm³/mol. The number of epoxide rings is 1. The first-order valence-electron chi connectivity index (χ1n) is 6.03. The Bertz CT molecular complexity index is 562. The van der Waals surface area contributed by atoms with E-state index in [1.54, 1.807) is 12.1 Å². The minimum absolute atomic E-state index is 0.247. The molecule has 1 atom stereocenters. The number of nitrogen functional groups attached to an aromatic ring is 1. The Morgan fingerprint density at radius 3 is 2.56 bits per heavy atom. The maximum Gasteiger partial charge on any atom is 0.123 e. The third kappa shape index (κ3) is 2.05. The van der Waals surface area contributed by atoms with Crippen LogP contribution in [0.5, 0.6) is 5.75 Å². The lowest BCUT2D eigenvalue weighted by Crippen LogP contribution is -2.02. The summed E-state index contributed by atoms with van der Waals surface area (Å²) in [6.45, 7) is 0.781. The van der Waals surface area contributed by atoms with Crippen LogP contribution in [0.4, 0.5) is 5.69 Å². The Kier molecular flexibility index (Phi) is 2.68. The molecule has 0 aliphatic carbocycles. The van der Waals surface area contributed by atoms with E-state index in [0.717, 1.165) is 29.7 Å². The Balaban J connectivity index is 2.13. The van der Waals surface area contributed by atoms with E-state index < -0.39 is 0 Å². The summed E-state index contributed by atoms with van der Waals surface area (Å²) < 4.78 is 5.26. The predicted octanol–water partition coefficient (Wildman–Crippen LogP) is 2.58. The summed E-state index contributed by atoms with van der Waals surface area (Å²) in [6, 6.07) is 13.2. The number of nitrogens with two attached hydrogens (primary N) is 1. The fourth-order valence-electron chi connectivity index (χ4n) is 2.21. The molecule has 0 aromatic heterocycles. The van der Waals surface area contributed by atoms with E-state index in [1.807, 2.05) is 30.3 Å². The number of ether oxygens (including phenoxy) is 1. The van der Waals surface area contributed by atoms with Crippen LogP contribution in [0.1, 0.15) is 5.56 Å². The van der Waals surface area contributed by atoms with E-state index in [4.69, 9.17) is 10.5 Å². The molecule has 0 saturated carbocycles. The molecular weight excluding hydrogens is 226 g/mol. The fourth-order valence-corrected chi connectivity index (χ4v) is 2.21. The molecule has 1 saturated heterocycles. The first kappa shape index (κ1) is 11.1. The van der Waals surface area contributed by atoms with Gasteiger partial charge in [0.1, 0.15) is 5.75 Å². The highest BCUT2D eigenvalue weighted by Gasteiger charge is 2.26. The number of hydrogen-bond donors (Lipinski definition) is 2. The number of anilines is 1. The van der Waals surface area contributed by atoms with Gasteiger partial charge in [0.2, 0.25) is 0 Å². The van der Waals surface area contributed by atoms with Crippen LogP contribution in [0.2, 0.25) is 0 Å². The van der Waals surface area contributed by atoms with Crippen LogP contribution in [0.25, 0.3) is 11.1 Å². The number of rotatable bonds is 3. The summed E-state index contributed by atoms with van der Waals surface area (Å²) in [5.41, 5.74) is 9.53. The zero-order chi connectivity index (χ0) is 12.5. The Morgan fingerprint density at radius 2 is 1.89 bits per heavy atom. The van der Waals surface area contributed by atoms with Gasteiger partial charge in [-0.05, 0) is 23.3 Å². The van der Waals surface area contributed by atoms with Gasteiger partial charge >= 0.3 is 0 Å². The highest BCUT2D eigenvalue weighted by atomic mass is 16.6.